The molecule has 20 heavy (non-hydrogen) atoms. The van der Waals surface area contributed by atoms with E-state index in [1.54, 1.807) is 24.3 Å². The van der Waals surface area contributed by atoms with Crippen LogP contribution in [-0.2, 0) is 14.4 Å². The number of hydrogen-bond acceptors (Lipinski definition) is 5. The Morgan fingerprint density at radius 1 is 1.10 bits per heavy atom. The highest BCUT2D eigenvalue weighted by atomic mass is 16.5. The van der Waals surface area contributed by atoms with Crippen molar-refractivity contribution in [1.29, 1.82) is 0 Å². The Morgan fingerprint density at radius 2 is 1.75 bits per heavy atom. The van der Waals surface area contributed by atoms with Crippen molar-refractivity contribution < 1.29 is 19.1 Å². The molecule has 6 heteroatoms. The SMILES string of the molecule is O=C=Nc1ccc(OCCCN2C(=O)C=CC2=O)cc1. The molecule has 0 saturated carbocycles. The Labute approximate surface area is 115 Å². The van der Waals surface area contributed by atoms with Crippen LogP contribution >= 0.6 is 0 Å². The summed E-state index contributed by atoms with van der Waals surface area (Å²) < 4.78 is 5.46. The molecule has 1 heterocycles. The van der Waals surface area contributed by atoms with E-state index >= 15 is 0 Å². The molecule has 0 aliphatic carbocycles. The maximum atomic E-state index is 11.3. The zero-order valence-corrected chi connectivity index (χ0v) is 10.6. The number of aliphatic imine (C=N–C) groups is 1. The van der Waals surface area contributed by atoms with Crippen molar-refractivity contribution in [3.63, 3.8) is 0 Å². The molecule has 1 aromatic carbocycles. The average molecular weight is 272 g/mol. The summed E-state index contributed by atoms with van der Waals surface area (Å²) in [6.07, 6.45) is 4.52. The van der Waals surface area contributed by atoms with Gasteiger partial charge in [-0.05, 0) is 30.7 Å². The predicted octanol–water partition coefficient (Wildman–Crippen LogP) is 1.35. The average Bonchev–Trinajstić information content (AvgIpc) is 2.77. The summed E-state index contributed by atoms with van der Waals surface area (Å²) in [6.45, 7) is 0.714. The van der Waals surface area contributed by atoms with E-state index in [1.807, 2.05) is 0 Å². The number of rotatable bonds is 6. The molecule has 0 fully saturated rings. The highest BCUT2D eigenvalue weighted by Crippen LogP contribution is 2.17. The van der Waals surface area contributed by atoms with Crippen LogP contribution in [0.3, 0.4) is 0 Å². The van der Waals surface area contributed by atoms with Crippen LogP contribution in [0.2, 0.25) is 0 Å². The van der Waals surface area contributed by atoms with Gasteiger partial charge in [-0.1, -0.05) is 0 Å². The van der Waals surface area contributed by atoms with E-state index in [1.165, 1.54) is 23.1 Å². The highest BCUT2D eigenvalue weighted by Gasteiger charge is 2.22. The van der Waals surface area contributed by atoms with Gasteiger partial charge in [-0.15, -0.1) is 0 Å². The number of hydrogen-bond donors (Lipinski definition) is 0. The van der Waals surface area contributed by atoms with Gasteiger partial charge in [0.05, 0.1) is 12.3 Å². The summed E-state index contributed by atoms with van der Waals surface area (Å²) in [5.74, 6) is 0.0594. The summed E-state index contributed by atoms with van der Waals surface area (Å²) in [5.41, 5.74) is 0.506. The predicted molar refractivity (Wildman–Crippen MR) is 70.2 cm³/mol. The van der Waals surface area contributed by atoms with Crippen LogP contribution in [0.15, 0.2) is 41.4 Å². The molecule has 0 atom stereocenters. The van der Waals surface area contributed by atoms with Crippen LogP contribution in [0.5, 0.6) is 5.75 Å². The number of carbonyl (C=O) groups excluding carboxylic acids is 3. The normalized spacial score (nSPS) is 13.5. The Bertz CT molecular complexity index is 568. The Balaban J connectivity index is 1.74. The van der Waals surface area contributed by atoms with E-state index in [-0.39, 0.29) is 11.8 Å². The van der Waals surface area contributed by atoms with Crippen LogP contribution in [-0.4, -0.2) is 35.9 Å². The number of nitrogens with zero attached hydrogens (tertiary/aromatic N) is 2. The third-order valence-electron chi connectivity index (χ3n) is 2.71. The van der Waals surface area contributed by atoms with E-state index in [9.17, 15) is 14.4 Å². The Hall–Kier alpha value is -2.72. The lowest BCUT2D eigenvalue weighted by atomic mass is 10.3. The van der Waals surface area contributed by atoms with Gasteiger partial charge in [0.2, 0.25) is 6.08 Å². The molecule has 0 bridgehead atoms. The van der Waals surface area contributed by atoms with Gasteiger partial charge in [-0.25, -0.2) is 4.79 Å². The molecule has 2 amide bonds. The number of ether oxygens (including phenoxy) is 1. The highest BCUT2D eigenvalue weighted by molar-refractivity contribution is 6.12. The zero-order valence-electron chi connectivity index (χ0n) is 10.6. The molecule has 2 rings (SSSR count). The van der Waals surface area contributed by atoms with Gasteiger partial charge in [0, 0.05) is 18.7 Å². The van der Waals surface area contributed by atoms with Crippen molar-refractivity contribution in [3.8, 4) is 5.75 Å². The molecule has 0 unspecified atom stereocenters. The molecule has 0 spiro atoms. The third kappa shape index (κ3) is 3.40. The molecule has 1 aliphatic rings. The van der Waals surface area contributed by atoms with Crippen molar-refractivity contribution >= 4 is 23.6 Å². The van der Waals surface area contributed by atoms with Gasteiger partial charge in [0.15, 0.2) is 0 Å². The molecule has 0 aromatic heterocycles. The van der Waals surface area contributed by atoms with Crippen molar-refractivity contribution in [2.45, 2.75) is 6.42 Å². The van der Waals surface area contributed by atoms with Crippen LogP contribution < -0.4 is 4.74 Å². The molecule has 1 aliphatic heterocycles. The second-order valence-corrected chi connectivity index (χ2v) is 4.06. The molecule has 0 saturated heterocycles. The minimum atomic E-state index is -0.286. The fraction of sp³-hybridized carbons (Fsp3) is 0.214. The first-order valence-corrected chi connectivity index (χ1v) is 6.05. The standard InChI is InChI=1S/C14H12N2O4/c17-10-15-11-2-4-12(5-3-11)20-9-1-8-16-13(18)6-7-14(16)19/h2-7H,1,8-9H2. The van der Waals surface area contributed by atoms with E-state index in [0.29, 0.717) is 31.0 Å². The molecule has 1 aromatic rings. The largest absolute Gasteiger partial charge is 0.494 e. The molecule has 0 N–H and O–H groups in total. The van der Waals surface area contributed by atoms with E-state index in [2.05, 4.69) is 4.99 Å². The van der Waals surface area contributed by atoms with Gasteiger partial charge in [-0.2, -0.15) is 4.99 Å². The van der Waals surface area contributed by atoms with E-state index in [4.69, 9.17) is 4.74 Å². The second kappa shape index (κ2) is 6.45. The first-order valence-electron chi connectivity index (χ1n) is 6.05. The number of amides is 2. The minimum Gasteiger partial charge on any atom is -0.494 e. The first kappa shape index (κ1) is 13.7. The van der Waals surface area contributed by atoms with Crippen molar-refractivity contribution in [2.75, 3.05) is 13.2 Å². The lowest BCUT2D eigenvalue weighted by Crippen LogP contribution is -2.31. The van der Waals surface area contributed by atoms with Crippen LogP contribution in [0.1, 0.15) is 6.42 Å². The number of isocyanates is 1. The van der Waals surface area contributed by atoms with Gasteiger partial charge < -0.3 is 4.74 Å². The third-order valence-corrected chi connectivity index (χ3v) is 2.71. The van der Waals surface area contributed by atoms with Gasteiger partial charge in [-0.3, -0.25) is 14.5 Å². The molecule has 102 valence electrons. The second-order valence-electron chi connectivity index (χ2n) is 4.06. The number of imide groups is 1. The first-order chi connectivity index (χ1) is 9.70. The van der Waals surface area contributed by atoms with Crippen molar-refractivity contribution in [3.05, 3.63) is 36.4 Å². The maximum absolute atomic E-state index is 11.3. The monoisotopic (exact) mass is 272 g/mol. The quantitative estimate of drug-likeness (QED) is 0.339. The summed E-state index contributed by atoms with van der Waals surface area (Å²) in [4.78, 5) is 37.3. The van der Waals surface area contributed by atoms with Crippen molar-refractivity contribution in [1.82, 2.24) is 4.90 Å². The minimum absolute atomic E-state index is 0.286. The topological polar surface area (TPSA) is 76.0 Å². The summed E-state index contributed by atoms with van der Waals surface area (Å²) in [5, 5.41) is 0. The lowest BCUT2D eigenvalue weighted by Gasteiger charge is -2.13. The van der Waals surface area contributed by atoms with Crippen LogP contribution in [0.4, 0.5) is 5.69 Å². The van der Waals surface area contributed by atoms with Gasteiger partial charge in [0.1, 0.15) is 5.75 Å². The van der Waals surface area contributed by atoms with Crippen molar-refractivity contribution in [2.24, 2.45) is 4.99 Å². The van der Waals surface area contributed by atoms with Crippen LogP contribution in [0, 0.1) is 0 Å². The molecule has 6 nitrogen and oxygen atoms in total. The maximum Gasteiger partial charge on any atom is 0.253 e. The van der Waals surface area contributed by atoms with E-state index < -0.39 is 0 Å². The molecular formula is C14H12N2O4. The Morgan fingerprint density at radius 3 is 2.35 bits per heavy atom. The van der Waals surface area contributed by atoms with Gasteiger partial charge in [0.25, 0.3) is 11.8 Å². The van der Waals surface area contributed by atoms with Crippen LogP contribution in [0.25, 0.3) is 0 Å². The lowest BCUT2D eigenvalue weighted by molar-refractivity contribution is -0.136. The number of benzene rings is 1. The number of carbonyl (C=O) groups is 2. The fourth-order valence-corrected chi connectivity index (χ4v) is 1.73. The summed E-state index contributed by atoms with van der Waals surface area (Å²) in [7, 11) is 0. The molecular weight excluding hydrogens is 260 g/mol. The molecule has 0 radical (unpaired) electrons. The Kier molecular flexibility index (Phi) is 4.42. The smallest absolute Gasteiger partial charge is 0.253 e. The summed E-state index contributed by atoms with van der Waals surface area (Å²) in [6, 6.07) is 6.64. The van der Waals surface area contributed by atoms with E-state index in [0.717, 1.165) is 0 Å². The van der Waals surface area contributed by atoms with Gasteiger partial charge >= 0.3 is 0 Å². The zero-order chi connectivity index (χ0) is 14.4. The summed E-state index contributed by atoms with van der Waals surface area (Å²) >= 11 is 0. The fourth-order valence-electron chi connectivity index (χ4n) is 1.73.